The average Bonchev–Trinajstić information content (AvgIpc) is 3.20. The standard InChI is InChI=1S/C24H35N5O6S/c1-7-35-12-8-11-29(23(32)20-17(25)18(21(26)30)28-36-20)19(22(31)27-24(2,3)4)14-9-10-15(33-5)16(13-14)34-6/h9-10,13,19H,7-8,11-12,25H2,1-6H3,(H2,26,30)(H,27,31). The van der Waals surface area contributed by atoms with Crippen molar-refractivity contribution in [2.24, 2.45) is 5.73 Å². The number of aromatic nitrogens is 1. The smallest absolute Gasteiger partial charge is 0.270 e. The molecular formula is C24H35N5O6S. The Morgan fingerprint density at radius 1 is 1.17 bits per heavy atom. The van der Waals surface area contributed by atoms with Gasteiger partial charge in [0.2, 0.25) is 5.91 Å². The molecule has 198 valence electrons. The van der Waals surface area contributed by atoms with E-state index in [0.717, 1.165) is 11.5 Å². The lowest BCUT2D eigenvalue weighted by atomic mass is 10.0. The van der Waals surface area contributed by atoms with Gasteiger partial charge in [0.15, 0.2) is 17.2 Å². The summed E-state index contributed by atoms with van der Waals surface area (Å²) < 4.78 is 20.2. The lowest BCUT2D eigenvalue weighted by Gasteiger charge is -2.33. The van der Waals surface area contributed by atoms with Crippen molar-refractivity contribution in [2.75, 3.05) is 39.7 Å². The molecule has 36 heavy (non-hydrogen) atoms. The predicted octanol–water partition coefficient (Wildman–Crippen LogP) is 2.37. The van der Waals surface area contributed by atoms with Crippen LogP contribution < -0.4 is 26.3 Å². The van der Waals surface area contributed by atoms with E-state index in [2.05, 4.69) is 9.69 Å². The number of nitrogens with zero attached hydrogens (tertiary/aromatic N) is 2. The van der Waals surface area contributed by atoms with Crippen molar-refractivity contribution >= 4 is 34.9 Å². The second-order valence-corrected chi connectivity index (χ2v) is 9.72. The monoisotopic (exact) mass is 521 g/mol. The Hall–Kier alpha value is -3.38. The fourth-order valence-electron chi connectivity index (χ4n) is 3.52. The number of anilines is 1. The van der Waals surface area contributed by atoms with Gasteiger partial charge in [-0.1, -0.05) is 6.07 Å². The van der Waals surface area contributed by atoms with E-state index in [1.54, 1.807) is 18.2 Å². The maximum absolute atomic E-state index is 13.8. The Kier molecular flexibility index (Phi) is 10.1. The summed E-state index contributed by atoms with van der Waals surface area (Å²) in [5, 5.41) is 2.96. The van der Waals surface area contributed by atoms with Crippen molar-refractivity contribution in [1.29, 1.82) is 0 Å². The fourth-order valence-corrected chi connectivity index (χ4v) is 4.28. The molecule has 2 rings (SSSR count). The van der Waals surface area contributed by atoms with Crippen molar-refractivity contribution in [3.05, 3.63) is 34.3 Å². The van der Waals surface area contributed by atoms with E-state index in [4.69, 9.17) is 25.7 Å². The van der Waals surface area contributed by atoms with Gasteiger partial charge in [0.05, 0.1) is 19.9 Å². The Morgan fingerprint density at radius 2 is 1.83 bits per heavy atom. The van der Waals surface area contributed by atoms with E-state index < -0.39 is 29.3 Å². The molecule has 0 fully saturated rings. The van der Waals surface area contributed by atoms with Crippen LogP contribution in [-0.4, -0.2) is 66.5 Å². The first-order valence-electron chi connectivity index (χ1n) is 11.4. The Bertz CT molecular complexity index is 1080. The normalized spacial score (nSPS) is 12.1. The summed E-state index contributed by atoms with van der Waals surface area (Å²) in [6.45, 7) is 8.47. The SMILES string of the molecule is CCOCCCN(C(=O)c1snc(C(N)=O)c1N)C(C(=O)NC(C)(C)C)c1ccc(OC)c(OC)c1. The zero-order valence-electron chi connectivity index (χ0n) is 21.5. The predicted molar refractivity (Wildman–Crippen MR) is 137 cm³/mol. The Labute approximate surface area is 215 Å². The van der Waals surface area contributed by atoms with Crippen molar-refractivity contribution in [3.8, 4) is 11.5 Å². The first-order valence-corrected chi connectivity index (χ1v) is 12.2. The molecule has 0 radical (unpaired) electrons. The average molecular weight is 522 g/mol. The molecule has 1 unspecified atom stereocenters. The molecule has 1 heterocycles. The van der Waals surface area contributed by atoms with Crippen LogP contribution in [0.25, 0.3) is 0 Å². The quantitative estimate of drug-likeness (QED) is 0.359. The van der Waals surface area contributed by atoms with Gasteiger partial charge < -0.3 is 35.9 Å². The lowest BCUT2D eigenvalue weighted by molar-refractivity contribution is -0.127. The number of primary amides is 1. The Morgan fingerprint density at radius 3 is 2.36 bits per heavy atom. The molecule has 12 heteroatoms. The molecule has 0 aliphatic heterocycles. The number of carbonyl (C=O) groups is 3. The fraction of sp³-hybridized carbons (Fsp3) is 0.500. The van der Waals surface area contributed by atoms with Gasteiger partial charge in [-0.25, -0.2) is 0 Å². The summed E-state index contributed by atoms with van der Waals surface area (Å²) in [6.07, 6.45) is 0.452. The first kappa shape index (κ1) is 28.9. The highest BCUT2D eigenvalue weighted by molar-refractivity contribution is 7.09. The van der Waals surface area contributed by atoms with Crippen LogP contribution in [0.3, 0.4) is 0 Å². The highest BCUT2D eigenvalue weighted by Gasteiger charge is 2.36. The summed E-state index contributed by atoms with van der Waals surface area (Å²) in [5.41, 5.74) is 11.0. The number of nitrogen functional groups attached to an aromatic ring is 1. The number of nitrogens with one attached hydrogen (secondary N) is 1. The number of nitrogens with two attached hydrogens (primary N) is 2. The van der Waals surface area contributed by atoms with E-state index in [1.165, 1.54) is 19.1 Å². The van der Waals surface area contributed by atoms with Crippen LogP contribution >= 0.6 is 11.5 Å². The number of hydrogen-bond acceptors (Lipinski definition) is 9. The van der Waals surface area contributed by atoms with Crippen molar-refractivity contribution < 1.29 is 28.6 Å². The van der Waals surface area contributed by atoms with E-state index in [9.17, 15) is 14.4 Å². The Balaban J connectivity index is 2.64. The molecule has 2 aromatic rings. The van der Waals surface area contributed by atoms with Gasteiger partial charge in [0.25, 0.3) is 11.8 Å². The molecule has 1 atom stereocenters. The number of benzene rings is 1. The lowest BCUT2D eigenvalue weighted by Crippen LogP contribution is -2.49. The van der Waals surface area contributed by atoms with Gasteiger partial charge in [-0.05, 0) is 63.3 Å². The zero-order valence-corrected chi connectivity index (χ0v) is 22.4. The molecule has 1 aromatic carbocycles. The largest absolute Gasteiger partial charge is 0.493 e. The van der Waals surface area contributed by atoms with Crippen LogP contribution in [-0.2, 0) is 9.53 Å². The summed E-state index contributed by atoms with van der Waals surface area (Å²) >= 11 is 0.761. The van der Waals surface area contributed by atoms with E-state index in [-0.39, 0.29) is 22.8 Å². The highest BCUT2D eigenvalue weighted by atomic mass is 32.1. The third kappa shape index (κ3) is 7.08. The van der Waals surface area contributed by atoms with Crippen molar-refractivity contribution in [2.45, 2.75) is 45.7 Å². The number of amides is 3. The minimum absolute atomic E-state index is 0.0224. The van der Waals surface area contributed by atoms with Crippen LogP contribution in [0.15, 0.2) is 18.2 Å². The molecule has 5 N–H and O–H groups in total. The molecule has 0 aliphatic rings. The number of carbonyl (C=O) groups excluding carboxylic acids is 3. The van der Waals surface area contributed by atoms with Gasteiger partial charge >= 0.3 is 0 Å². The number of methoxy groups -OCH3 is 2. The molecule has 1 aromatic heterocycles. The second kappa shape index (κ2) is 12.5. The summed E-state index contributed by atoms with van der Waals surface area (Å²) in [5.74, 6) is -0.926. The number of rotatable bonds is 12. The molecule has 0 aliphatic carbocycles. The van der Waals surface area contributed by atoms with Crippen LogP contribution in [0, 0.1) is 0 Å². The van der Waals surface area contributed by atoms with Crippen molar-refractivity contribution in [1.82, 2.24) is 14.6 Å². The zero-order chi connectivity index (χ0) is 27.0. The topological polar surface area (TPSA) is 159 Å². The van der Waals surface area contributed by atoms with Crippen LogP contribution in [0.1, 0.15) is 65.9 Å². The minimum Gasteiger partial charge on any atom is -0.493 e. The highest BCUT2D eigenvalue weighted by Crippen LogP contribution is 2.34. The van der Waals surface area contributed by atoms with Crippen LogP contribution in [0.5, 0.6) is 11.5 Å². The second-order valence-electron chi connectivity index (χ2n) is 8.94. The van der Waals surface area contributed by atoms with Gasteiger partial charge in [-0.2, -0.15) is 4.37 Å². The molecule has 11 nitrogen and oxygen atoms in total. The van der Waals surface area contributed by atoms with Gasteiger partial charge in [-0.15, -0.1) is 0 Å². The molecule has 0 spiro atoms. The molecular weight excluding hydrogens is 486 g/mol. The first-order chi connectivity index (χ1) is 16.9. The third-order valence-corrected chi connectivity index (χ3v) is 5.94. The summed E-state index contributed by atoms with van der Waals surface area (Å²) in [7, 11) is 2.99. The van der Waals surface area contributed by atoms with Crippen molar-refractivity contribution in [3.63, 3.8) is 0 Å². The maximum atomic E-state index is 13.8. The van der Waals surface area contributed by atoms with Crippen LogP contribution in [0.2, 0.25) is 0 Å². The molecule has 0 saturated heterocycles. The number of ether oxygens (including phenoxy) is 3. The summed E-state index contributed by atoms with van der Waals surface area (Å²) in [6, 6.07) is 3.96. The van der Waals surface area contributed by atoms with Crippen LogP contribution in [0.4, 0.5) is 5.69 Å². The van der Waals surface area contributed by atoms with E-state index in [0.29, 0.717) is 36.7 Å². The number of hydrogen-bond donors (Lipinski definition) is 3. The molecule has 0 saturated carbocycles. The molecule has 3 amide bonds. The van der Waals surface area contributed by atoms with E-state index in [1.807, 2.05) is 27.7 Å². The summed E-state index contributed by atoms with van der Waals surface area (Å²) in [4.78, 5) is 40.6. The maximum Gasteiger partial charge on any atom is 0.270 e. The van der Waals surface area contributed by atoms with E-state index >= 15 is 0 Å². The van der Waals surface area contributed by atoms with Gasteiger partial charge in [-0.3, -0.25) is 14.4 Å². The van der Waals surface area contributed by atoms with Gasteiger partial charge in [0.1, 0.15) is 10.9 Å². The third-order valence-electron chi connectivity index (χ3n) is 5.09. The van der Waals surface area contributed by atoms with Gasteiger partial charge in [0, 0.05) is 25.3 Å². The molecule has 0 bridgehead atoms. The minimum atomic E-state index is -1.06.